The first-order valence-corrected chi connectivity index (χ1v) is 8.33. The summed E-state index contributed by atoms with van der Waals surface area (Å²) in [6.07, 6.45) is 2.91. The summed E-state index contributed by atoms with van der Waals surface area (Å²) in [5.74, 6) is 1.37. The standard InChI is InChI=1S/C20H24O4/c1-2-23-20(21)16-22-15-7-6-8-17-11-13-19(14-12-17)24-18-9-4-3-5-10-18/h3-5,9-14H,2,6-8,15-16H2,1H3. The summed E-state index contributed by atoms with van der Waals surface area (Å²) in [4.78, 5) is 11.1. The Labute approximate surface area is 143 Å². The Morgan fingerprint density at radius 1 is 0.917 bits per heavy atom. The minimum Gasteiger partial charge on any atom is -0.464 e. The van der Waals surface area contributed by atoms with E-state index in [4.69, 9.17) is 14.2 Å². The molecular formula is C20H24O4. The average Bonchev–Trinajstić information content (AvgIpc) is 2.60. The second-order valence-corrected chi connectivity index (χ2v) is 5.37. The quantitative estimate of drug-likeness (QED) is 0.479. The lowest BCUT2D eigenvalue weighted by atomic mass is 10.1. The van der Waals surface area contributed by atoms with E-state index in [2.05, 4.69) is 12.1 Å². The third kappa shape index (κ3) is 6.84. The highest BCUT2D eigenvalue weighted by molar-refractivity contribution is 5.70. The lowest BCUT2D eigenvalue weighted by molar-refractivity contribution is -0.148. The SMILES string of the molecule is CCOC(=O)COCCCCc1ccc(Oc2ccccc2)cc1. The molecule has 0 amide bonds. The Kier molecular flexibility index (Phi) is 7.84. The van der Waals surface area contributed by atoms with Crippen molar-refractivity contribution in [2.24, 2.45) is 0 Å². The van der Waals surface area contributed by atoms with Crippen LogP contribution in [0.25, 0.3) is 0 Å². The molecule has 0 bridgehead atoms. The number of benzene rings is 2. The maximum Gasteiger partial charge on any atom is 0.332 e. The first kappa shape index (κ1) is 18.0. The Balaban J connectivity index is 1.63. The number of para-hydroxylation sites is 1. The molecule has 0 unspecified atom stereocenters. The summed E-state index contributed by atoms with van der Waals surface area (Å²) in [5, 5.41) is 0. The summed E-state index contributed by atoms with van der Waals surface area (Å²) < 4.78 is 15.8. The van der Waals surface area contributed by atoms with Crippen molar-refractivity contribution in [1.82, 2.24) is 0 Å². The van der Waals surface area contributed by atoms with Crippen molar-refractivity contribution in [1.29, 1.82) is 0 Å². The molecule has 0 fully saturated rings. The zero-order valence-electron chi connectivity index (χ0n) is 14.1. The minimum absolute atomic E-state index is 0.0410. The van der Waals surface area contributed by atoms with Crippen LogP contribution in [-0.2, 0) is 20.7 Å². The second-order valence-electron chi connectivity index (χ2n) is 5.37. The predicted molar refractivity (Wildman–Crippen MR) is 93.3 cm³/mol. The molecule has 2 aromatic rings. The Bertz CT molecular complexity index is 593. The first-order valence-electron chi connectivity index (χ1n) is 8.33. The minimum atomic E-state index is -0.300. The fourth-order valence-corrected chi connectivity index (χ4v) is 2.24. The van der Waals surface area contributed by atoms with Crippen molar-refractivity contribution in [3.05, 3.63) is 60.2 Å². The number of ether oxygens (including phenoxy) is 3. The van der Waals surface area contributed by atoms with Gasteiger partial charge in [-0.05, 0) is 56.0 Å². The highest BCUT2D eigenvalue weighted by atomic mass is 16.6. The molecule has 0 radical (unpaired) electrons. The number of rotatable bonds is 10. The van der Waals surface area contributed by atoms with Crippen molar-refractivity contribution < 1.29 is 19.0 Å². The van der Waals surface area contributed by atoms with Crippen LogP contribution in [0.2, 0.25) is 0 Å². The normalized spacial score (nSPS) is 10.4. The van der Waals surface area contributed by atoms with Gasteiger partial charge in [0.15, 0.2) is 0 Å². The fourth-order valence-electron chi connectivity index (χ4n) is 2.24. The maximum absolute atomic E-state index is 11.1. The van der Waals surface area contributed by atoms with Gasteiger partial charge < -0.3 is 14.2 Å². The molecule has 0 aromatic heterocycles. The molecule has 0 saturated heterocycles. The summed E-state index contributed by atoms with van der Waals surface area (Å²) in [6.45, 7) is 2.80. The Morgan fingerprint density at radius 3 is 2.33 bits per heavy atom. The monoisotopic (exact) mass is 328 g/mol. The van der Waals surface area contributed by atoms with Gasteiger partial charge in [-0.15, -0.1) is 0 Å². The van der Waals surface area contributed by atoms with Gasteiger partial charge in [0.25, 0.3) is 0 Å². The van der Waals surface area contributed by atoms with E-state index in [0.29, 0.717) is 13.2 Å². The summed E-state index contributed by atoms with van der Waals surface area (Å²) >= 11 is 0. The number of aryl methyl sites for hydroxylation is 1. The zero-order valence-corrected chi connectivity index (χ0v) is 14.1. The summed E-state index contributed by atoms with van der Waals surface area (Å²) in [7, 11) is 0. The highest BCUT2D eigenvalue weighted by Crippen LogP contribution is 2.21. The summed E-state index contributed by atoms with van der Waals surface area (Å²) in [6, 6.07) is 17.9. The predicted octanol–water partition coefficient (Wildman–Crippen LogP) is 4.38. The zero-order chi connectivity index (χ0) is 17.0. The molecule has 0 aliphatic rings. The smallest absolute Gasteiger partial charge is 0.332 e. The number of hydrogen-bond donors (Lipinski definition) is 0. The Morgan fingerprint density at radius 2 is 1.62 bits per heavy atom. The van der Waals surface area contributed by atoms with Crippen LogP contribution in [0.15, 0.2) is 54.6 Å². The number of carbonyl (C=O) groups excluding carboxylic acids is 1. The number of esters is 1. The van der Waals surface area contributed by atoms with E-state index < -0.39 is 0 Å². The lowest BCUT2D eigenvalue weighted by Crippen LogP contribution is -2.12. The van der Waals surface area contributed by atoms with Crippen molar-refractivity contribution in [2.45, 2.75) is 26.2 Å². The van der Waals surface area contributed by atoms with Gasteiger partial charge in [-0.2, -0.15) is 0 Å². The number of unbranched alkanes of at least 4 members (excludes halogenated alkanes) is 1. The topological polar surface area (TPSA) is 44.8 Å². The van der Waals surface area contributed by atoms with Crippen LogP contribution in [0, 0.1) is 0 Å². The molecule has 24 heavy (non-hydrogen) atoms. The van der Waals surface area contributed by atoms with Gasteiger partial charge in [-0.3, -0.25) is 0 Å². The third-order valence-electron chi connectivity index (χ3n) is 3.43. The molecule has 0 heterocycles. The van der Waals surface area contributed by atoms with E-state index in [-0.39, 0.29) is 12.6 Å². The second kappa shape index (κ2) is 10.4. The van der Waals surface area contributed by atoms with Gasteiger partial charge in [-0.1, -0.05) is 30.3 Å². The van der Waals surface area contributed by atoms with Gasteiger partial charge in [-0.25, -0.2) is 4.79 Å². The van der Waals surface area contributed by atoms with Crippen LogP contribution >= 0.6 is 0 Å². The van der Waals surface area contributed by atoms with Gasteiger partial charge in [0.1, 0.15) is 18.1 Å². The van der Waals surface area contributed by atoms with E-state index in [1.807, 2.05) is 42.5 Å². The number of hydrogen-bond acceptors (Lipinski definition) is 4. The molecule has 2 rings (SSSR count). The van der Waals surface area contributed by atoms with E-state index >= 15 is 0 Å². The molecule has 2 aromatic carbocycles. The molecule has 0 spiro atoms. The van der Waals surface area contributed by atoms with Crippen LogP contribution in [0.5, 0.6) is 11.5 Å². The molecule has 0 atom stereocenters. The fraction of sp³-hybridized carbons (Fsp3) is 0.350. The molecule has 0 N–H and O–H groups in total. The Hall–Kier alpha value is -2.33. The molecule has 0 aliphatic carbocycles. The lowest BCUT2D eigenvalue weighted by Gasteiger charge is -2.07. The third-order valence-corrected chi connectivity index (χ3v) is 3.43. The molecule has 4 nitrogen and oxygen atoms in total. The molecular weight excluding hydrogens is 304 g/mol. The van der Waals surface area contributed by atoms with Gasteiger partial charge in [0.2, 0.25) is 0 Å². The largest absolute Gasteiger partial charge is 0.464 e. The van der Waals surface area contributed by atoms with E-state index in [1.54, 1.807) is 6.92 Å². The van der Waals surface area contributed by atoms with Gasteiger partial charge in [0.05, 0.1) is 6.61 Å². The highest BCUT2D eigenvalue weighted by Gasteiger charge is 2.01. The van der Waals surface area contributed by atoms with Crippen LogP contribution < -0.4 is 4.74 Å². The molecule has 4 heteroatoms. The first-order chi connectivity index (χ1) is 11.8. The van der Waals surface area contributed by atoms with E-state index in [1.165, 1.54) is 5.56 Å². The van der Waals surface area contributed by atoms with Crippen LogP contribution in [0.1, 0.15) is 25.3 Å². The molecule has 0 saturated carbocycles. The van der Waals surface area contributed by atoms with Crippen LogP contribution in [0.4, 0.5) is 0 Å². The van der Waals surface area contributed by atoms with Crippen LogP contribution in [-0.4, -0.2) is 25.8 Å². The van der Waals surface area contributed by atoms with Crippen molar-refractivity contribution in [2.75, 3.05) is 19.8 Å². The van der Waals surface area contributed by atoms with E-state index in [0.717, 1.165) is 30.8 Å². The van der Waals surface area contributed by atoms with Crippen molar-refractivity contribution >= 4 is 5.97 Å². The van der Waals surface area contributed by atoms with E-state index in [9.17, 15) is 4.79 Å². The molecule has 128 valence electrons. The van der Waals surface area contributed by atoms with Crippen molar-refractivity contribution in [3.63, 3.8) is 0 Å². The van der Waals surface area contributed by atoms with Crippen LogP contribution in [0.3, 0.4) is 0 Å². The molecule has 0 aliphatic heterocycles. The number of carbonyl (C=O) groups is 1. The van der Waals surface area contributed by atoms with Gasteiger partial charge in [0, 0.05) is 6.61 Å². The maximum atomic E-state index is 11.1. The van der Waals surface area contributed by atoms with Gasteiger partial charge >= 0.3 is 5.97 Å². The summed E-state index contributed by atoms with van der Waals surface area (Å²) in [5.41, 5.74) is 1.26. The average molecular weight is 328 g/mol. The van der Waals surface area contributed by atoms with Crippen molar-refractivity contribution in [3.8, 4) is 11.5 Å².